The van der Waals surface area contributed by atoms with Crippen LogP contribution in [0.15, 0.2) is 76.0 Å². The average molecular weight is 388 g/mol. The minimum absolute atomic E-state index is 0.106. The van der Waals surface area contributed by atoms with Crippen LogP contribution in [-0.2, 0) is 9.59 Å². The number of nitrogens with one attached hydrogen (secondary N) is 2. The van der Waals surface area contributed by atoms with E-state index in [1.165, 1.54) is 11.8 Å². The van der Waals surface area contributed by atoms with Crippen LogP contribution in [-0.4, -0.2) is 17.1 Å². The number of fused-ring (bicyclic) bond motifs is 4. The molecule has 0 unspecified atom stereocenters. The molecule has 4 aromatic rings. The van der Waals surface area contributed by atoms with Crippen LogP contribution in [0.25, 0.3) is 21.9 Å². The monoisotopic (exact) mass is 388 g/mol. The predicted octanol–water partition coefficient (Wildman–Crippen LogP) is 5.03. The van der Waals surface area contributed by atoms with E-state index >= 15 is 0 Å². The first-order valence-corrected chi connectivity index (χ1v) is 9.83. The molecule has 1 aliphatic heterocycles. The van der Waals surface area contributed by atoms with Gasteiger partial charge in [0.15, 0.2) is 0 Å². The molecule has 2 heterocycles. The highest BCUT2D eigenvalue weighted by molar-refractivity contribution is 8.01. The molecule has 3 aromatic carbocycles. The Morgan fingerprint density at radius 2 is 1.79 bits per heavy atom. The summed E-state index contributed by atoms with van der Waals surface area (Å²) in [5, 5.41) is 7.28. The Labute approximate surface area is 165 Å². The second-order valence-electron chi connectivity index (χ2n) is 6.65. The molecule has 1 aliphatic rings. The number of thioether (sulfide) groups is 1. The van der Waals surface area contributed by atoms with Gasteiger partial charge in [0.1, 0.15) is 11.2 Å². The van der Waals surface area contributed by atoms with Crippen molar-refractivity contribution in [3.63, 3.8) is 0 Å². The number of amides is 2. The summed E-state index contributed by atoms with van der Waals surface area (Å²) in [5.74, 6) is -0.339. The molecule has 0 saturated heterocycles. The van der Waals surface area contributed by atoms with Crippen molar-refractivity contribution in [1.82, 2.24) is 0 Å². The summed E-state index contributed by atoms with van der Waals surface area (Å²) in [6.07, 6.45) is 0.106. The van der Waals surface area contributed by atoms with Gasteiger partial charge in [-0.25, -0.2) is 0 Å². The number of para-hydroxylation sites is 2. The van der Waals surface area contributed by atoms with Crippen molar-refractivity contribution < 1.29 is 14.0 Å². The maximum Gasteiger partial charge on any atom is 0.238 e. The van der Waals surface area contributed by atoms with Crippen LogP contribution in [0.3, 0.4) is 0 Å². The molecule has 6 heteroatoms. The molecule has 138 valence electrons. The fraction of sp³-hybridized carbons (Fsp3) is 0.0909. The van der Waals surface area contributed by atoms with Gasteiger partial charge in [0.05, 0.1) is 10.9 Å². The normalized spacial score (nSPS) is 16.0. The fourth-order valence-electron chi connectivity index (χ4n) is 3.41. The Kier molecular flexibility index (Phi) is 4.06. The van der Waals surface area contributed by atoms with Crippen molar-refractivity contribution in [3.05, 3.63) is 66.7 Å². The molecular weight excluding hydrogens is 372 g/mol. The van der Waals surface area contributed by atoms with Crippen molar-refractivity contribution in [2.45, 2.75) is 16.6 Å². The molecule has 0 radical (unpaired) electrons. The average Bonchev–Trinajstić information content (AvgIpc) is 3.06. The van der Waals surface area contributed by atoms with E-state index in [2.05, 4.69) is 10.6 Å². The third-order valence-corrected chi connectivity index (χ3v) is 6.01. The second kappa shape index (κ2) is 6.73. The highest BCUT2D eigenvalue weighted by Crippen LogP contribution is 2.37. The zero-order valence-corrected chi connectivity index (χ0v) is 15.6. The summed E-state index contributed by atoms with van der Waals surface area (Å²) in [6.45, 7) is 0. The lowest BCUT2D eigenvalue weighted by Gasteiger charge is -2.23. The molecule has 0 aliphatic carbocycles. The summed E-state index contributed by atoms with van der Waals surface area (Å²) >= 11 is 1.42. The summed E-state index contributed by atoms with van der Waals surface area (Å²) < 4.78 is 5.81. The number of carbonyl (C=O) groups excluding carboxylic acids is 2. The van der Waals surface area contributed by atoms with E-state index < -0.39 is 5.25 Å². The van der Waals surface area contributed by atoms with E-state index in [1.54, 1.807) is 0 Å². The van der Waals surface area contributed by atoms with Gasteiger partial charge in [0, 0.05) is 27.8 Å². The molecule has 0 fully saturated rings. The SMILES string of the molecule is O=C(C[C@@H]1Sc2ccccc2NC1=O)Nc1ccc2oc3ccccc3c2c1. The van der Waals surface area contributed by atoms with Crippen LogP contribution >= 0.6 is 11.8 Å². The van der Waals surface area contributed by atoms with Gasteiger partial charge in [0.2, 0.25) is 11.8 Å². The maximum absolute atomic E-state index is 12.5. The smallest absolute Gasteiger partial charge is 0.238 e. The van der Waals surface area contributed by atoms with Gasteiger partial charge in [-0.1, -0.05) is 30.3 Å². The van der Waals surface area contributed by atoms with E-state index in [-0.39, 0.29) is 18.2 Å². The third kappa shape index (κ3) is 3.01. The van der Waals surface area contributed by atoms with Gasteiger partial charge in [-0.2, -0.15) is 0 Å². The first-order chi connectivity index (χ1) is 13.7. The quantitative estimate of drug-likeness (QED) is 0.516. The summed E-state index contributed by atoms with van der Waals surface area (Å²) in [4.78, 5) is 25.8. The van der Waals surface area contributed by atoms with Gasteiger partial charge in [0.25, 0.3) is 0 Å². The van der Waals surface area contributed by atoms with E-state index in [0.717, 1.165) is 32.5 Å². The van der Waals surface area contributed by atoms with Gasteiger partial charge in [-0.15, -0.1) is 11.8 Å². The van der Waals surface area contributed by atoms with Crippen LogP contribution in [0.2, 0.25) is 0 Å². The lowest BCUT2D eigenvalue weighted by molar-refractivity contribution is -0.120. The zero-order chi connectivity index (χ0) is 19.1. The second-order valence-corrected chi connectivity index (χ2v) is 7.90. The van der Waals surface area contributed by atoms with Crippen LogP contribution in [0.4, 0.5) is 11.4 Å². The Bertz CT molecular complexity index is 1230. The van der Waals surface area contributed by atoms with Crippen LogP contribution in [0, 0.1) is 0 Å². The predicted molar refractivity (Wildman–Crippen MR) is 112 cm³/mol. The largest absolute Gasteiger partial charge is 0.456 e. The van der Waals surface area contributed by atoms with E-state index in [0.29, 0.717) is 5.69 Å². The summed E-state index contributed by atoms with van der Waals surface area (Å²) in [6, 6.07) is 21.0. The molecule has 5 rings (SSSR count). The Balaban J connectivity index is 1.34. The minimum atomic E-state index is -0.451. The molecule has 2 N–H and O–H groups in total. The Hall–Kier alpha value is -3.25. The van der Waals surface area contributed by atoms with E-state index in [4.69, 9.17) is 4.42 Å². The van der Waals surface area contributed by atoms with Gasteiger partial charge in [-0.05, 0) is 36.4 Å². The van der Waals surface area contributed by atoms with Gasteiger partial charge >= 0.3 is 0 Å². The first kappa shape index (κ1) is 16.9. The minimum Gasteiger partial charge on any atom is -0.456 e. The van der Waals surface area contributed by atoms with Gasteiger partial charge < -0.3 is 15.1 Å². The van der Waals surface area contributed by atoms with E-state index in [1.807, 2.05) is 66.7 Å². The lowest BCUT2D eigenvalue weighted by Crippen LogP contribution is -2.32. The highest BCUT2D eigenvalue weighted by Gasteiger charge is 2.28. The highest BCUT2D eigenvalue weighted by atomic mass is 32.2. The Morgan fingerprint density at radius 1 is 1.00 bits per heavy atom. The number of rotatable bonds is 3. The number of benzene rings is 3. The molecule has 1 atom stereocenters. The van der Waals surface area contributed by atoms with Gasteiger partial charge in [-0.3, -0.25) is 9.59 Å². The lowest BCUT2D eigenvalue weighted by atomic mass is 10.1. The molecule has 0 bridgehead atoms. The first-order valence-electron chi connectivity index (χ1n) is 8.95. The molecule has 5 nitrogen and oxygen atoms in total. The van der Waals surface area contributed by atoms with Crippen LogP contribution in [0.1, 0.15) is 6.42 Å². The van der Waals surface area contributed by atoms with Crippen molar-refractivity contribution in [3.8, 4) is 0 Å². The molecule has 28 heavy (non-hydrogen) atoms. The summed E-state index contributed by atoms with van der Waals surface area (Å²) in [5.41, 5.74) is 3.07. The number of furan rings is 1. The van der Waals surface area contributed by atoms with E-state index in [9.17, 15) is 9.59 Å². The number of anilines is 2. The zero-order valence-electron chi connectivity index (χ0n) is 14.8. The third-order valence-electron chi connectivity index (χ3n) is 4.74. The Morgan fingerprint density at radius 3 is 2.71 bits per heavy atom. The molecule has 1 aromatic heterocycles. The number of hydrogen-bond acceptors (Lipinski definition) is 4. The molecule has 2 amide bonds. The fourth-order valence-corrected chi connectivity index (χ4v) is 4.52. The number of carbonyl (C=O) groups is 2. The van der Waals surface area contributed by atoms with Crippen molar-refractivity contribution in [1.29, 1.82) is 0 Å². The maximum atomic E-state index is 12.5. The molecular formula is C22H16N2O3S. The standard InChI is InChI=1S/C22H16N2O3S/c25-21(12-20-22(26)24-16-6-2-4-8-19(16)28-20)23-13-9-10-18-15(11-13)14-5-1-3-7-17(14)27-18/h1-11,20H,12H2,(H,23,25)(H,24,26)/t20-/m0/s1. The number of hydrogen-bond donors (Lipinski definition) is 2. The van der Waals surface area contributed by atoms with Crippen LogP contribution in [0.5, 0.6) is 0 Å². The topological polar surface area (TPSA) is 71.3 Å². The molecule has 0 saturated carbocycles. The van der Waals surface area contributed by atoms with Crippen molar-refractivity contribution in [2.75, 3.05) is 10.6 Å². The van der Waals surface area contributed by atoms with Crippen molar-refractivity contribution >= 4 is 56.9 Å². The van der Waals surface area contributed by atoms with Crippen molar-refractivity contribution in [2.24, 2.45) is 0 Å². The summed E-state index contributed by atoms with van der Waals surface area (Å²) in [7, 11) is 0. The molecule has 0 spiro atoms. The van der Waals surface area contributed by atoms with Crippen LogP contribution < -0.4 is 10.6 Å².